The molecular weight excluding hydrogens is 278 g/mol. The Morgan fingerprint density at radius 1 is 1.00 bits per heavy atom. The Hall–Kier alpha value is -0.0400. The molecule has 3 aliphatic rings. The molecular formula is C22H41N. The average molecular weight is 320 g/mol. The molecule has 0 bridgehead atoms. The maximum absolute atomic E-state index is 2.80. The first-order valence-corrected chi connectivity index (χ1v) is 10.5. The Morgan fingerprint density at radius 2 is 1.61 bits per heavy atom. The van der Waals surface area contributed by atoms with Crippen molar-refractivity contribution in [2.45, 2.75) is 99.0 Å². The second kappa shape index (κ2) is 6.04. The Balaban J connectivity index is 1.62. The summed E-state index contributed by atoms with van der Waals surface area (Å²) in [4.78, 5) is 2.80. The minimum Gasteiger partial charge on any atom is -0.300 e. The number of nitrogens with zero attached hydrogens (tertiary/aromatic N) is 1. The molecule has 0 radical (unpaired) electrons. The van der Waals surface area contributed by atoms with E-state index in [0.29, 0.717) is 16.2 Å². The van der Waals surface area contributed by atoms with Crippen molar-refractivity contribution >= 4 is 0 Å². The largest absolute Gasteiger partial charge is 0.300 e. The van der Waals surface area contributed by atoms with E-state index in [1.807, 2.05) is 0 Å². The SMILES string of the molecule is CCC1(C)CC(C)(CCC2CN3CCCC3C2C)CC1(C)CC. The monoisotopic (exact) mass is 319 g/mol. The van der Waals surface area contributed by atoms with E-state index in [-0.39, 0.29) is 0 Å². The van der Waals surface area contributed by atoms with Crippen LogP contribution in [-0.2, 0) is 0 Å². The average Bonchev–Trinajstić information content (AvgIpc) is 3.13. The molecule has 0 spiro atoms. The summed E-state index contributed by atoms with van der Waals surface area (Å²) in [5.74, 6) is 1.91. The Bertz CT molecular complexity index is 412. The van der Waals surface area contributed by atoms with Crippen LogP contribution in [0.1, 0.15) is 92.9 Å². The van der Waals surface area contributed by atoms with Gasteiger partial charge in [-0.2, -0.15) is 0 Å². The molecule has 3 rings (SSSR count). The second-order valence-electron chi connectivity index (χ2n) is 10.4. The summed E-state index contributed by atoms with van der Waals surface area (Å²) >= 11 is 0. The van der Waals surface area contributed by atoms with Crippen LogP contribution >= 0.6 is 0 Å². The van der Waals surface area contributed by atoms with Crippen molar-refractivity contribution in [2.75, 3.05) is 13.1 Å². The highest BCUT2D eigenvalue weighted by atomic mass is 15.2. The van der Waals surface area contributed by atoms with Gasteiger partial charge in [0.25, 0.3) is 0 Å². The molecule has 23 heavy (non-hydrogen) atoms. The first-order chi connectivity index (χ1) is 10.8. The van der Waals surface area contributed by atoms with Gasteiger partial charge in [0.05, 0.1) is 0 Å². The van der Waals surface area contributed by atoms with Crippen LogP contribution in [0.2, 0.25) is 0 Å². The quantitative estimate of drug-likeness (QED) is 0.589. The highest BCUT2D eigenvalue weighted by molar-refractivity contribution is 5.05. The molecule has 2 saturated heterocycles. The van der Waals surface area contributed by atoms with Gasteiger partial charge in [0.1, 0.15) is 0 Å². The fourth-order valence-electron chi connectivity index (χ4n) is 7.00. The van der Waals surface area contributed by atoms with Gasteiger partial charge < -0.3 is 0 Å². The van der Waals surface area contributed by atoms with E-state index >= 15 is 0 Å². The van der Waals surface area contributed by atoms with Crippen LogP contribution in [0, 0.1) is 28.1 Å². The molecule has 0 aromatic rings. The molecule has 0 aromatic carbocycles. The van der Waals surface area contributed by atoms with Crippen molar-refractivity contribution in [3.05, 3.63) is 0 Å². The number of hydrogen-bond donors (Lipinski definition) is 0. The van der Waals surface area contributed by atoms with Crippen LogP contribution in [0.15, 0.2) is 0 Å². The minimum atomic E-state index is 0.553. The second-order valence-corrected chi connectivity index (χ2v) is 10.4. The molecule has 5 atom stereocenters. The fraction of sp³-hybridized carbons (Fsp3) is 1.00. The van der Waals surface area contributed by atoms with E-state index in [1.54, 1.807) is 0 Å². The van der Waals surface area contributed by atoms with Crippen molar-refractivity contribution in [3.8, 4) is 0 Å². The maximum Gasteiger partial charge on any atom is 0.0125 e. The van der Waals surface area contributed by atoms with E-state index in [2.05, 4.69) is 46.4 Å². The zero-order chi connectivity index (χ0) is 16.9. The van der Waals surface area contributed by atoms with Crippen LogP contribution in [0.3, 0.4) is 0 Å². The Morgan fingerprint density at radius 3 is 2.13 bits per heavy atom. The molecule has 1 saturated carbocycles. The van der Waals surface area contributed by atoms with Crippen LogP contribution in [0.25, 0.3) is 0 Å². The van der Waals surface area contributed by atoms with Gasteiger partial charge in [-0.15, -0.1) is 0 Å². The highest BCUT2D eigenvalue weighted by Gasteiger charge is 2.55. The Kier molecular flexibility index (Phi) is 4.67. The van der Waals surface area contributed by atoms with Gasteiger partial charge in [0.15, 0.2) is 0 Å². The summed E-state index contributed by atoms with van der Waals surface area (Å²) in [5, 5.41) is 0. The standard InChI is InChI=1S/C22H41N/c1-7-21(5)15-20(4,16-22(21,6)8-2)12-11-18-14-23-13-9-10-19(23)17(18)3/h17-19H,7-16H2,1-6H3. The third-order valence-electron chi connectivity index (χ3n) is 9.00. The summed E-state index contributed by atoms with van der Waals surface area (Å²) in [6.45, 7) is 17.9. The van der Waals surface area contributed by atoms with Crippen LogP contribution in [-0.4, -0.2) is 24.0 Å². The molecule has 1 aliphatic carbocycles. The van der Waals surface area contributed by atoms with E-state index in [4.69, 9.17) is 0 Å². The van der Waals surface area contributed by atoms with Crippen molar-refractivity contribution in [2.24, 2.45) is 28.1 Å². The fourth-order valence-corrected chi connectivity index (χ4v) is 7.00. The van der Waals surface area contributed by atoms with E-state index < -0.39 is 0 Å². The third-order valence-corrected chi connectivity index (χ3v) is 9.00. The third kappa shape index (κ3) is 2.90. The molecule has 3 fully saturated rings. The van der Waals surface area contributed by atoms with Crippen molar-refractivity contribution in [1.29, 1.82) is 0 Å². The van der Waals surface area contributed by atoms with Crippen molar-refractivity contribution in [1.82, 2.24) is 4.90 Å². The lowest BCUT2D eigenvalue weighted by Crippen LogP contribution is -2.30. The molecule has 1 heteroatoms. The molecule has 5 unspecified atom stereocenters. The molecule has 2 aliphatic heterocycles. The topological polar surface area (TPSA) is 3.24 Å². The first kappa shape index (κ1) is 17.8. The molecule has 2 heterocycles. The smallest absolute Gasteiger partial charge is 0.0125 e. The van der Waals surface area contributed by atoms with Crippen LogP contribution < -0.4 is 0 Å². The van der Waals surface area contributed by atoms with Gasteiger partial charge in [-0.3, -0.25) is 4.90 Å². The normalized spacial score (nSPS) is 50.6. The molecule has 134 valence electrons. The lowest BCUT2D eigenvalue weighted by molar-refractivity contribution is 0.0998. The number of fused-ring (bicyclic) bond motifs is 1. The van der Waals surface area contributed by atoms with Crippen molar-refractivity contribution < 1.29 is 0 Å². The molecule has 1 nitrogen and oxygen atoms in total. The van der Waals surface area contributed by atoms with Gasteiger partial charge in [0, 0.05) is 12.6 Å². The number of rotatable bonds is 5. The minimum absolute atomic E-state index is 0.553. The zero-order valence-corrected chi connectivity index (χ0v) is 16.8. The summed E-state index contributed by atoms with van der Waals surface area (Å²) in [5.41, 5.74) is 1.69. The van der Waals surface area contributed by atoms with E-state index in [1.165, 1.54) is 64.5 Å². The van der Waals surface area contributed by atoms with Crippen LogP contribution in [0.5, 0.6) is 0 Å². The van der Waals surface area contributed by atoms with E-state index in [9.17, 15) is 0 Å². The zero-order valence-electron chi connectivity index (χ0n) is 16.8. The summed E-state index contributed by atoms with van der Waals surface area (Å²) in [6.07, 6.45) is 11.5. The predicted molar refractivity (Wildman–Crippen MR) is 101 cm³/mol. The van der Waals surface area contributed by atoms with Gasteiger partial charge >= 0.3 is 0 Å². The summed E-state index contributed by atoms with van der Waals surface area (Å²) < 4.78 is 0. The molecule has 0 N–H and O–H groups in total. The van der Waals surface area contributed by atoms with E-state index in [0.717, 1.165) is 17.9 Å². The highest BCUT2D eigenvalue weighted by Crippen LogP contribution is 2.64. The van der Waals surface area contributed by atoms with Crippen LogP contribution in [0.4, 0.5) is 0 Å². The lowest BCUT2D eigenvalue weighted by Gasteiger charge is -2.40. The van der Waals surface area contributed by atoms with Gasteiger partial charge in [0.2, 0.25) is 0 Å². The lowest BCUT2D eigenvalue weighted by atomic mass is 9.65. The van der Waals surface area contributed by atoms with Gasteiger partial charge in [-0.1, -0.05) is 54.4 Å². The summed E-state index contributed by atoms with van der Waals surface area (Å²) in [7, 11) is 0. The first-order valence-electron chi connectivity index (χ1n) is 10.5. The Labute approximate surface area is 145 Å². The summed E-state index contributed by atoms with van der Waals surface area (Å²) in [6, 6.07) is 0.929. The predicted octanol–water partition coefficient (Wildman–Crippen LogP) is 6.13. The van der Waals surface area contributed by atoms with Gasteiger partial charge in [-0.25, -0.2) is 0 Å². The van der Waals surface area contributed by atoms with Crippen molar-refractivity contribution in [3.63, 3.8) is 0 Å². The molecule has 0 amide bonds. The number of hydrogen-bond acceptors (Lipinski definition) is 1. The molecule has 0 aromatic heterocycles. The van der Waals surface area contributed by atoms with Gasteiger partial charge in [-0.05, 0) is 73.2 Å². The maximum atomic E-state index is 2.80.